The van der Waals surface area contributed by atoms with Crippen molar-refractivity contribution in [3.05, 3.63) is 42.5 Å². The highest BCUT2D eigenvalue weighted by molar-refractivity contribution is 5.64. The minimum atomic E-state index is -1.21. The Hall–Kier alpha value is -2.94. The van der Waals surface area contributed by atoms with Crippen molar-refractivity contribution in [1.29, 1.82) is 0 Å². The summed E-state index contributed by atoms with van der Waals surface area (Å²) in [6, 6.07) is 0.894. The number of nitro benzene ring substituents is 3. The highest BCUT2D eigenvalue weighted by atomic mass is 16.6. The molecule has 2 rings (SSSR count). The Kier molecular flexibility index (Phi) is 7.37. The molecule has 5 N–H and O–H groups in total. The second-order valence-electron chi connectivity index (χ2n) is 4.31. The molecule has 0 aromatic heterocycles. The Morgan fingerprint density at radius 3 is 1.33 bits per heavy atom. The maximum Gasteiger partial charge on any atom is 0.324 e. The highest BCUT2D eigenvalue weighted by Crippen LogP contribution is 2.38. The lowest BCUT2D eigenvalue weighted by atomic mass is 10.2. The normalized spacial score (nSPS) is 14.5. The van der Waals surface area contributed by atoms with Gasteiger partial charge >= 0.3 is 11.4 Å². The fraction of sp³-hybridized carbons (Fsp3) is 0.400. The van der Waals surface area contributed by atoms with Gasteiger partial charge in [0.05, 0.1) is 26.9 Å². The van der Waals surface area contributed by atoms with E-state index < -0.39 is 37.6 Å². The summed E-state index contributed by atoms with van der Waals surface area (Å²) in [4.78, 5) is 27.8. The molecule has 1 heterocycles. The lowest BCUT2D eigenvalue weighted by Crippen LogP contribution is -2.49. The Morgan fingerprint density at radius 1 is 0.750 bits per heavy atom. The predicted molar refractivity (Wildman–Crippen MR) is 80.1 cm³/mol. The van der Waals surface area contributed by atoms with Crippen molar-refractivity contribution in [3.63, 3.8) is 0 Å². The highest BCUT2D eigenvalue weighted by Gasteiger charge is 2.30. The van der Waals surface area contributed by atoms with Gasteiger partial charge in [-0.2, -0.15) is 0 Å². The molecule has 1 aromatic carbocycles. The second kappa shape index (κ2) is 9.26. The number of non-ortho nitro benzene ring substituents is 1. The van der Waals surface area contributed by atoms with E-state index in [4.69, 9.17) is 5.11 Å². The number of aromatic hydroxyl groups is 1. The maximum atomic E-state index is 10.4. The molecule has 14 heteroatoms. The molecule has 14 nitrogen and oxygen atoms in total. The lowest BCUT2D eigenvalue weighted by molar-refractivity contribution is -0.404. The van der Waals surface area contributed by atoms with E-state index in [1.165, 1.54) is 0 Å². The smallest absolute Gasteiger partial charge is 0.324 e. The Bertz CT molecular complexity index is 565. The van der Waals surface area contributed by atoms with Crippen LogP contribution in [-0.4, -0.2) is 46.1 Å². The molecular formula is C10H15N7O7. The van der Waals surface area contributed by atoms with Crippen LogP contribution in [0.15, 0.2) is 12.1 Å². The molecule has 0 radical (unpaired) electrons. The van der Waals surface area contributed by atoms with Crippen LogP contribution in [0.2, 0.25) is 0 Å². The molecule has 132 valence electrons. The molecule has 1 aliphatic rings. The van der Waals surface area contributed by atoms with E-state index in [1.54, 1.807) is 0 Å². The molecular weight excluding hydrogens is 330 g/mol. The molecule has 1 fully saturated rings. The van der Waals surface area contributed by atoms with Crippen LogP contribution in [0, 0.1) is 30.3 Å². The van der Waals surface area contributed by atoms with Crippen LogP contribution in [-0.2, 0) is 0 Å². The summed E-state index contributed by atoms with van der Waals surface area (Å²) < 4.78 is 0. The number of benzene rings is 1. The van der Waals surface area contributed by atoms with Crippen LogP contribution in [0.5, 0.6) is 5.75 Å². The van der Waals surface area contributed by atoms with Gasteiger partial charge in [0.1, 0.15) is 0 Å². The molecule has 24 heavy (non-hydrogen) atoms. The first-order valence-corrected chi connectivity index (χ1v) is 6.56. The Labute approximate surface area is 134 Å². The number of hydrogen-bond acceptors (Lipinski definition) is 11. The summed E-state index contributed by atoms with van der Waals surface area (Å²) >= 11 is 0. The summed E-state index contributed by atoms with van der Waals surface area (Å²) in [7, 11) is 0. The number of hydrazine groups is 2. The summed E-state index contributed by atoms with van der Waals surface area (Å²) in [5, 5.41) is 40.2. The van der Waals surface area contributed by atoms with Crippen LogP contribution < -0.4 is 21.7 Å². The standard InChI is InChI=1S/C6H3N3O7.C4H12N4/c10-6-4(8(13)14)1-3(7(11)12)2-5(6)9(15)16;1-2-6-8-4-3-7-5-1/h1-2,10H;5-8H,1-4H2. The minimum absolute atomic E-state index is 0.447. The number of phenols is 1. The maximum absolute atomic E-state index is 10.4. The van der Waals surface area contributed by atoms with Gasteiger partial charge in [0.2, 0.25) is 0 Å². The number of nitrogens with one attached hydrogen (secondary N) is 4. The summed E-state index contributed by atoms with van der Waals surface area (Å²) in [6.07, 6.45) is 0. The molecule has 1 saturated heterocycles. The Morgan fingerprint density at radius 2 is 1.08 bits per heavy atom. The third kappa shape index (κ3) is 5.69. The zero-order chi connectivity index (χ0) is 18.1. The first-order chi connectivity index (χ1) is 11.3. The zero-order valence-corrected chi connectivity index (χ0v) is 12.2. The van der Waals surface area contributed by atoms with Gasteiger partial charge < -0.3 is 5.11 Å². The molecule has 0 unspecified atom stereocenters. The fourth-order valence-electron chi connectivity index (χ4n) is 1.58. The van der Waals surface area contributed by atoms with Crippen molar-refractivity contribution in [2.24, 2.45) is 0 Å². The Balaban J connectivity index is 0.000000300. The van der Waals surface area contributed by atoms with Gasteiger partial charge in [0, 0.05) is 26.2 Å². The van der Waals surface area contributed by atoms with Crippen LogP contribution in [0.4, 0.5) is 17.1 Å². The molecule has 0 aliphatic carbocycles. The SMILES string of the molecule is C1CNNCCNN1.O=[N+]([O-])c1cc([N+](=O)[O-])c(O)c([N+](=O)[O-])c1. The lowest BCUT2D eigenvalue weighted by Gasteiger charge is -2.13. The average Bonchev–Trinajstić information content (AvgIpc) is 2.46. The molecule has 1 aliphatic heterocycles. The summed E-state index contributed by atoms with van der Waals surface area (Å²) in [5.41, 5.74) is 9.14. The number of phenolic OH excluding ortho intramolecular Hbond substituents is 1. The summed E-state index contributed by atoms with van der Waals surface area (Å²) in [6.45, 7) is 3.86. The molecule has 0 amide bonds. The average molecular weight is 345 g/mol. The molecule has 0 spiro atoms. The van der Waals surface area contributed by atoms with Crippen molar-refractivity contribution >= 4 is 17.1 Å². The number of nitro groups is 3. The van der Waals surface area contributed by atoms with Gasteiger partial charge in [0.15, 0.2) is 0 Å². The van der Waals surface area contributed by atoms with Crippen molar-refractivity contribution in [1.82, 2.24) is 21.7 Å². The van der Waals surface area contributed by atoms with Crippen LogP contribution in [0.1, 0.15) is 0 Å². The van der Waals surface area contributed by atoms with Gasteiger partial charge in [-0.25, -0.2) is 0 Å². The van der Waals surface area contributed by atoms with Crippen LogP contribution >= 0.6 is 0 Å². The monoisotopic (exact) mass is 345 g/mol. The van der Waals surface area contributed by atoms with Crippen molar-refractivity contribution in [3.8, 4) is 5.75 Å². The summed E-state index contributed by atoms with van der Waals surface area (Å²) in [5.74, 6) is -1.21. The van der Waals surface area contributed by atoms with Crippen molar-refractivity contribution < 1.29 is 19.9 Å². The van der Waals surface area contributed by atoms with Crippen LogP contribution in [0.3, 0.4) is 0 Å². The van der Waals surface area contributed by atoms with Gasteiger partial charge in [0.25, 0.3) is 11.4 Å². The quantitative estimate of drug-likeness (QED) is 0.343. The zero-order valence-electron chi connectivity index (χ0n) is 12.2. The van der Waals surface area contributed by atoms with Gasteiger partial charge in [-0.15, -0.1) is 0 Å². The van der Waals surface area contributed by atoms with E-state index in [0.29, 0.717) is 12.1 Å². The first kappa shape index (κ1) is 19.1. The van der Waals surface area contributed by atoms with Gasteiger partial charge in [-0.1, -0.05) is 0 Å². The first-order valence-electron chi connectivity index (χ1n) is 6.56. The third-order valence-corrected chi connectivity index (χ3v) is 2.66. The number of rotatable bonds is 3. The number of nitrogens with zero attached hydrogens (tertiary/aromatic N) is 3. The van der Waals surface area contributed by atoms with Crippen molar-refractivity contribution in [2.75, 3.05) is 26.2 Å². The van der Waals surface area contributed by atoms with E-state index >= 15 is 0 Å². The molecule has 0 saturated carbocycles. The van der Waals surface area contributed by atoms with Crippen molar-refractivity contribution in [2.45, 2.75) is 0 Å². The second-order valence-corrected chi connectivity index (χ2v) is 4.31. The van der Waals surface area contributed by atoms with E-state index in [-0.39, 0.29) is 0 Å². The third-order valence-electron chi connectivity index (χ3n) is 2.66. The molecule has 0 bridgehead atoms. The molecule has 0 atom stereocenters. The van der Waals surface area contributed by atoms with Gasteiger partial charge in [-0.05, 0) is 0 Å². The van der Waals surface area contributed by atoms with E-state index in [2.05, 4.69) is 21.7 Å². The number of hydrogen-bond donors (Lipinski definition) is 5. The van der Waals surface area contributed by atoms with Crippen LogP contribution in [0.25, 0.3) is 0 Å². The van der Waals surface area contributed by atoms with Gasteiger partial charge in [-0.3, -0.25) is 52.0 Å². The topological polar surface area (TPSA) is 198 Å². The van der Waals surface area contributed by atoms with E-state index in [9.17, 15) is 30.3 Å². The van der Waals surface area contributed by atoms with E-state index in [0.717, 1.165) is 26.2 Å². The minimum Gasteiger partial charge on any atom is -0.497 e. The van der Waals surface area contributed by atoms with E-state index in [1.807, 2.05) is 0 Å². The molecule has 1 aromatic rings. The fourth-order valence-corrected chi connectivity index (χ4v) is 1.58. The predicted octanol–water partition coefficient (Wildman–Crippen LogP) is -0.695. The largest absolute Gasteiger partial charge is 0.497 e.